The Labute approximate surface area is 229 Å². The zero-order chi connectivity index (χ0) is 26.6. The van der Waals surface area contributed by atoms with Crippen molar-refractivity contribution < 1.29 is 14.3 Å². The molecule has 0 fully saturated rings. The number of thioether (sulfide) groups is 1. The summed E-state index contributed by atoms with van der Waals surface area (Å²) in [5, 5.41) is 4.03. The zero-order valence-electron chi connectivity index (χ0n) is 21.4. The van der Waals surface area contributed by atoms with Gasteiger partial charge in [-0.15, -0.1) is 11.3 Å². The molecule has 7 nitrogen and oxygen atoms in total. The van der Waals surface area contributed by atoms with Crippen LogP contribution in [0.2, 0.25) is 0 Å². The van der Waals surface area contributed by atoms with Crippen LogP contribution in [0.4, 0.5) is 5.69 Å². The Bertz CT molecular complexity index is 1540. The molecule has 196 valence electrons. The van der Waals surface area contributed by atoms with Crippen LogP contribution in [-0.4, -0.2) is 33.8 Å². The first kappa shape index (κ1) is 26.2. The molecule has 0 radical (unpaired) electrons. The number of carbonyl (C=O) groups is 2. The highest BCUT2D eigenvalue weighted by atomic mass is 32.2. The third kappa shape index (κ3) is 5.54. The van der Waals surface area contributed by atoms with Crippen LogP contribution >= 0.6 is 23.1 Å². The Balaban J connectivity index is 1.41. The normalized spacial score (nSPS) is 14.7. The Hall–Kier alpha value is -3.43. The van der Waals surface area contributed by atoms with Gasteiger partial charge in [-0.1, -0.05) is 49.9 Å². The first-order valence-electron chi connectivity index (χ1n) is 12.8. The Morgan fingerprint density at radius 2 is 2.00 bits per heavy atom. The largest absolute Gasteiger partial charge is 0.462 e. The zero-order valence-corrected chi connectivity index (χ0v) is 23.0. The minimum absolute atomic E-state index is 0.0530. The van der Waals surface area contributed by atoms with Gasteiger partial charge in [0.2, 0.25) is 5.91 Å². The van der Waals surface area contributed by atoms with Gasteiger partial charge in [0, 0.05) is 10.6 Å². The summed E-state index contributed by atoms with van der Waals surface area (Å²) < 4.78 is 6.81. The standard InChI is InChI=1S/C29H29N3O4S2/c1-3-14-36-28(35)19-8-7-9-20(16-19)30-24(33)17-37-29-31-26-25(22-13-12-18(2)15-23(22)38-26)27(34)32(29)21-10-5-4-6-11-21/h4-11,16,18H,3,12-15,17H2,1-2H3,(H,30,33). The second kappa shape index (κ2) is 11.5. The molecule has 0 spiro atoms. The van der Waals surface area contributed by atoms with Gasteiger partial charge < -0.3 is 10.1 Å². The second-order valence-corrected chi connectivity index (χ2v) is 11.5. The number of fused-ring (bicyclic) bond motifs is 3. The number of aryl methyl sites for hydroxylation is 1. The van der Waals surface area contributed by atoms with E-state index in [9.17, 15) is 14.4 Å². The van der Waals surface area contributed by atoms with Crippen molar-refractivity contribution in [1.82, 2.24) is 9.55 Å². The number of thiophene rings is 1. The van der Waals surface area contributed by atoms with Gasteiger partial charge in [-0.05, 0) is 67.5 Å². The summed E-state index contributed by atoms with van der Waals surface area (Å²) in [4.78, 5) is 45.8. The highest BCUT2D eigenvalue weighted by Gasteiger charge is 2.25. The molecule has 0 aliphatic heterocycles. The number of ether oxygens (including phenoxy) is 1. The number of aromatic nitrogens is 2. The van der Waals surface area contributed by atoms with Gasteiger partial charge in [-0.3, -0.25) is 14.2 Å². The monoisotopic (exact) mass is 547 g/mol. The lowest BCUT2D eigenvalue weighted by Gasteiger charge is -2.17. The van der Waals surface area contributed by atoms with Gasteiger partial charge in [-0.2, -0.15) is 0 Å². The number of para-hydroxylation sites is 1. The van der Waals surface area contributed by atoms with Crippen molar-refractivity contribution in [2.75, 3.05) is 17.7 Å². The molecular formula is C29H29N3O4S2. The van der Waals surface area contributed by atoms with Crippen LogP contribution in [0.1, 0.15) is 47.5 Å². The highest BCUT2D eigenvalue weighted by Crippen LogP contribution is 2.37. The van der Waals surface area contributed by atoms with Gasteiger partial charge >= 0.3 is 5.97 Å². The summed E-state index contributed by atoms with van der Waals surface area (Å²) in [5.41, 5.74) is 2.65. The predicted octanol–water partition coefficient (Wildman–Crippen LogP) is 5.87. The second-order valence-electron chi connectivity index (χ2n) is 9.46. The Morgan fingerprint density at radius 3 is 2.79 bits per heavy atom. The number of anilines is 1. The summed E-state index contributed by atoms with van der Waals surface area (Å²) in [6.45, 7) is 4.52. The maximum absolute atomic E-state index is 13.8. The van der Waals surface area contributed by atoms with Gasteiger partial charge in [0.1, 0.15) is 4.83 Å². The van der Waals surface area contributed by atoms with Crippen molar-refractivity contribution >= 4 is 50.9 Å². The first-order chi connectivity index (χ1) is 18.4. The number of nitrogens with one attached hydrogen (secondary N) is 1. The van der Waals surface area contributed by atoms with E-state index in [2.05, 4.69) is 12.2 Å². The third-order valence-electron chi connectivity index (χ3n) is 6.46. The van der Waals surface area contributed by atoms with Crippen LogP contribution < -0.4 is 10.9 Å². The van der Waals surface area contributed by atoms with Crippen LogP contribution in [0.5, 0.6) is 0 Å². The van der Waals surface area contributed by atoms with Crippen LogP contribution in [0.15, 0.2) is 64.5 Å². The maximum Gasteiger partial charge on any atom is 0.338 e. The molecule has 0 bridgehead atoms. The summed E-state index contributed by atoms with van der Waals surface area (Å²) in [6.07, 6.45) is 3.66. The van der Waals surface area contributed by atoms with Crippen LogP contribution in [-0.2, 0) is 22.4 Å². The van der Waals surface area contributed by atoms with Crippen LogP contribution in [0, 0.1) is 5.92 Å². The fraction of sp³-hybridized carbons (Fsp3) is 0.310. The smallest absolute Gasteiger partial charge is 0.338 e. The SMILES string of the molecule is CCCOC(=O)c1cccc(NC(=O)CSc2nc3sc4c(c3c(=O)n2-c2ccccc2)CCC(C)C4)c1. The van der Waals surface area contributed by atoms with Gasteiger partial charge in [0.15, 0.2) is 5.16 Å². The lowest BCUT2D eigenvalue weighted by Crippen LogP contribution is -2.23. The number of esters is 1. The van der Waals surface area contributed by atoms with Crippen molar-refractivity contribution in [2.24, 2.45) is 5.92 Å². The Kier molecular flexibility index (Phi) is 7.95. The minimum atomic E-state index is -0.422. The number of amides is 1. The van der Waals surface area contributed by atoms with E-state index < -0.39 is 5.97 Å². The molecule has 0 saturated carbocycles. The van der Waals surface area contributed by atoms with Crippen LogP contribution in [0.25, 0.3) is 15.9 Å². The molecule has 0 saturated heterocycles. The molecule has 1 amide bonds. The molecule has 2 aromatic heterocycles. The molecule has 9 heteroatoms. The van der Waals surface area contributed by atoms with E-state index in [-0.39, 0.29) is 17.2 Å². The summed E-state index contributed by atoms with van der Waals surface area (Å²) in [5.74, 6) is -0.0363. The first-order valence-corrected chi connectivity index (χ1v) is 14.6. The molecule has 38 heavy (non-hydrogen) atoms. The van der Waals surface area contributed by atoms with E-state index in [1.54, 1.807) is 40.2 Å². The summed E-state index contributed by atoms with van der Waals surface area (Å²) in [6, 6.07) is 16.1. The summed E-state index contributed by atoms with van der Waals surface area (Å²) >= 11 is 2.82. The lowest BCUT2D eigenvalue weighted by molar-refractivity contribution is -0.113. The number of hydrogen-bond acceptors (Lipinski definition) is 7. The number of nitrogens with zero attached hydrogens (tertiary/aromatic N) is 2. The van der Waals surface area contributed by atoms with Crippen molar-refractivity contribution in [3.05, 3.63) is 81.0 Å². The topological polar surface area (TPSA) is 90.3 Å². The molecule has 2 aromatic carbocycles. The van der Waals surface area contributed by atoms with Crippen molar-refractivity contribution in [2.45, 2.75) is 44.7 Å². The van der Waals surface area contributed by atoms with E-state index >= 15 is 0 Å². The van der Waals surface area contributed by atoms with Crippen LogP contribution in [0.3, 0.4) is 0 Å². The maximum atomic E-state index is 13.8. The molecule has 5 rings (SSSR count). The number of carbonyl (C=O) groups excluding carboxylic acids is 2. The molecular weight excluding hydrogens is 518 g/mol. The van der Waals surface area contributed by atoms with Gasteiger partial charge in [0.25, 0.3) is 5.56 Å². The average Bonchev–Trinajstić information content (AvgIpc) is 3.28. The van der Waals surface area contributed by atoms with E-state index in [1.165, 1.54) is 16.6 Å². The predicted molar refractivity (Wildman–Crippen MR) is 153 cm³/mol. The molecule has 2 heterocycles. The molecule has 1 N–H and O–H groups in total. The van der Waals surface area contributed by atoms with Crippen molar-refractivity contribution in [1.29, 1.82) is 0 Å². The molecule has 1 unspecified atom stereocenters. The van der Waals surface area contributed by atoms with Crippen molar-refractivity contribution in [3.8, 4) is 5.69 Å². The third-order valence-corrected chi connectivity index (χ3v) is 8.55. The quantitative estimate of drug-likeness (QED) is 0.169. The van der Waals surface area contributed by atoms with E-state index in [4.69, 9.17) is 9.72 Å². The number of rotatable bonds is 8. The van der Waals surface area contributed by atoms with Crippen molar-refractivity contribution in [3.63, 3.8) is 0 Å². The summed E-state index contributed by atoms with van der Waals surface area (Å²) in [7, 11) is 0. The molecule has 1 aliphatic rings. The fourth-order valence-electron chi connectivity index (χ4n) is 4.60. The number of hydrogen-bond donors (Lipinski definition) is 1. The number of benzene rings is 2. The Morgan fingerprint density at radius 1 is 1.18 bits per heavy atom. The molecule has 1 aliphatic carbocycles. The minimum Gasteiger partial charge on any atom is -0.462 e. The lowest BCUT2D eigenvalue weighted by atomic mass is 9.89. The highest BCUT2D eigenvalue weighted by molar-refractivity contribution is 7.99. The van der Waals surface area contributed by atoms with E-state index in [1.807, 2.05) is 37.3 Å². The molecule has 1 atom stereocenters. The fourth-order valence-corrected chi connectivity index (χ4v) is 6.84. The van der Waals surface area contributed by atoms with Gasteiger partial charge in [-0.25, -0.2) is 9.78 Å². The average molecular weight is 548 g/mol. The van der Waals surface area contributed by atoms with E-state index in [0.717, 1.165) is 41.8 Å². The molecule has 4 aromatic rings. The van der Waals surface area contributed by atoms with Gasteiger partial charge in [0.05, 0.1) is 29.0 Å². The van der Waals surface area contributed by atoms with E-state index in [0.29, 0.717) is 34.3 Å².